The second-order valence-electron chi connectivity index (χ2n) is 3.60. The molecule has 0 saturated heterocycles. The van der Waals surface area contributed by atoms with Crippen LogP contribution in [0.2, 0.25) is 0 Å². The molecule has 6 heteroatoms. The summed E-state index contributed by atoms with van der Waals surface area (Å²) in [5.74, 6) is -0.0339. The zero-order chi connectivity index (χ0) is 13.4. The standard InChI is InChI=1S/C12H16NO4P/c1-3-9-16-12(14)10(2)13-18(15)17-11-7-5-4-6-8-11/h4-8,10H,3,9H2,1-2H3/t10-/m0/s1. The van der Waals surface area contributed by atoms with Gasteiger partial charge in [0.15, 0.2) is 11.8 Å². The van der Waals surface area contributed by atoms with Crippen LogP contribution in [0.5, 0.6) is 5.75 Å². The SMILES string of the molecule is CCCOC(=O)[C@H](C)N=[P+]([O-])Oc1ccccc1. The van der Waals surface area contributed by atoms with E-state index in [4.69, 9.17) is 9.26 Å². The molecule has 2 atom stereocenters. The molecule has 0 N–H and O–H groups in total. The van der Waals surface area contributed by atoms with E-state index in [2.05, 4.69) is 4.74 Å². The molecule has 0 aromatic heterocycles. The van der Waals surface area contributed by atoms with E-state index in [0.717, 1.165) is 6.42 Å². The van der Waals surface area contributed by atoms with Crippen molar-refractivity contribution in [2.75, 3.05) is 6.61 Å². The zero-order valence-electron chi connectivity index (χ0n) is 10.4. The predicted molar refractivity (Wildman–Crippen MR) is 67.1 cm³/mol. The van der Waals surface area contributed by atoms with E-state index in [1.165, 1.54) is 6.92 Å². The van der Waals surface area contributed by atoms with Crippen LogP contribution in [0, 0.1) is 0 Å². The first-order valence-corrected chi connectivity index (χ1v) is 6.84. The number of para-hydroxylation sites is 1. The van der Waals surface area contributed by atoms with Crippen LogP contribution in [0.4, 0.5) is 0 Å². The molecule has 1 aromatic rings. The Morgan fingerprint density at radius 1 is 1.44 bits per heavy atom. The Kier molecular flexibility index (Phi) is 6.33. The Labute approximate surface area is 107 Å². The van der Waals surface area contributed by atoms with E-state index in [0.29, 0.717) is 12.4 Å². The molecule has 1 rings (SSSR count). The van der Waals surface area contributed by atoms with Gasteiger partial charge in [0.1, 0.15) is 0 Å². The molecular formula is C12H16NO4P. The highest BCUT2D eigenvalue weighted by molar-refractivity contribution is 7.34. The fourth-order valence-electron chi connectivity index (χ4n) is 1.11. The minimum atomic E-state index is -2.27. The van der Waals surface area contributed by atoms with Gasteiger partial charge < -0.3 is 9.63 Å². The average Bonchev–Trinajstić information content (AvgIpc) is 2.36. The molecule has 18 heavy (non-hydrogen) atoms. The van der Waals surface area contributed by atoms with Gasteiger partial charge in [-0.2, -0.15) is 0 Å². The summed E-state index contributed by atoms with van der Waals surface area (Å²) in [6, 6.07) is 7.89. The van der Waals surface area contributed by atoms with Gasteiger partial charge in [0.25, 0.3) is 0 Å². The van der Waals surface area contributed by atoms with E-state index < -0.39 is 20.2 Å². The first kappa shape index (κ1) is 14.6. The van der Waals surface area contributed by atoms with Crippen molar-refractivity contribution in [3.63, 3.8) is 0 Å². The van der Waals surface area contributed by atoms with Crippen LogP contribution >= 0.6 is 8.17 Å². The Balaban J connectivity index is 2.52. The molecule has 0 fully saturated rings. The Morgan fingerprint density at radius 3 is 2.72 bits per heavy atom. The molecule has 98 valence electrons. The largest absolute Gasteiger partial charge is 0.575 e. The average molecular weight is 269 g/mol. The van der Waals surface area contributed by atoms with Gasteiger partial charge in [-0.1, -0.05) is 29.9 Å². The predicted octanol–water partition coefficient (Wildman–Crippen LogP) is 2.26. The molecule has 0 bridgehead atoms. The van der Waals surface area contributed by atoms with Gasteiger partial charge in [0, 0.05) is 0 Å². The van der Waals surface area contributed by atoms with E-state index in [1.54, 1.807) is 24.3 Å². The van der Waals surface area contributed by atoms with Crippen LogP contribution in [-0.4, -0.2) is 18.6 Å². The fraction of sp³-hybridized carbons (Fsp3) is 0.417. The molecule has 0 heterocycles. The molecule has 5 nitrogen and oxygen atoms in total. The zero-order valence-corrected chi connectivity index (χ0v) is 11.3. The highest BCUT2D eigenvalue weighted by Crippen LogP contribution is 2.23. The first-order chi connectivity index (χ1) is 8.63. The van der Waals surface area contributed by atoms with Crippen LogP contribution in [0.3, 0.4) is 0 Å². The Hall–Kier alpha value is -1.45. The van der Waals surface area contributed by atoms with Crippen molar-refractivity contribution in [1.82, 2.24) is 0 Å². The molecule has 0 saturated carbocycles. The lowest BCUT2D eigenvalue weighted by Crippen LogP contribution is -2.18. The lowest BCUT2D eigenvalue weighted by atomic mass is 10.3. The van der Waals surface area contributed by atoms with Gasteiger partial charge in [0.2, 0.25) is 0 Å². The van der Waals surface area contributed by atoms with Crippen LogP contribution in [0.15, 0.2) is 35.1 Å². The van der Waals surface area contributed by atoms with Gasteiger partial charge in [-0.05, 0) is 25.5 Å². The highest BCUT2D eigenvalue weighted by Gasteiger charge is 2.18. The van der Waals surface area contributed by atoms with Crippen molar-refractivity contribution in [3.05, 3.63) is 30.3 Å². The van der Waals surface area contributed by atoms with Gasteiger partial charge >= 0.3 is 14.1 Å². The molecule has 0 amide bonds. The maximum Gasteiger partial charge on any atom is 0.395 e. The molecule has 1 aromatic carbocycles. The maximum absolute atomic E-state index is 11.6. The van der Waals surface area contributed by atoms with Crippen LogP contribution in [0.25, 0.3) is 0 Å². The lowest BCUT2D eigenvalue weighted by molar-refractivity contribution is -0.169. The third kappa shape index (κ3) is 5.25. The number of nitrogens with zero attached hydrogens (tertiary/aromatic N) is 1. The van der Waals surface area contributed by atoms with Crippen molar-refractivity contribution in [1.29, 1.82) is 0 Å². The molecule has 0 aliphatic rings. The smallest absolute Gasteiger partial charge is 0.395 e. The normalized spacial score (nSPS) is 12.9. The van der Waals surface area contributed by atoms with E-state index in [9.17, 15) is 9.69 Å². The van der Waals surface area contributed by atoms with Crippen molar-refractivity contribution in [2.24, 2.45) is 4.74 Å². The highest BCUT2D eigenvalue weighted by atomic mass is 31.1. The first-order valence-electron chi connectivity index (χ1n) is 5.71. The summed E-state index contributed by atoms with van der Waals surface area (Å²) in [7, 11) is -2.27. The minimum absolute atomic E-state index is 0.342. The lowest BCUT2D eigenvalue weighted by Gasteiger charge is -2.04. The van der Waals surface area contributed by atoms with Gasteiger partial charge in [-0.3, -0.25) is 4.52 Å². The third-order valence-electron chi connectivity index (χ3n) is 1.98. The second-order valence-corrected chi connectivity index (χ2v) is 4.49. The maximum atomic E-state index is 11.6. The van der Waals surface area contributed by atoms with Gasteiger partial charge in [0.05, 0.1) is 6.61 Å². The number of carbonyl (C=O) groups excluding carboxylic acids is 1. The molecule has 0 aliphatic heterocycles. The number of hydrogen-bond donors (Lipinski definition) is 0. The summed E-state index contributed by atoms with van der Waals surface area (Å²) in [4.78, 5) is 22.9. The summed E-state index contributed by atoms with van der Waals surface area (Å²) < 4.78 is 13.7. The van der Waals surface area contributed by atoms with E-state index >= 15 is 0 Å². The molecule has 0 radical (unpaired) electrons. The topological polar surface area (TPSA) is 71.0 Å². The second kappa shape index (κ2) is 7.80. The quantitative estimate of drug-likeness (QED) is 0.586. The Bertz CT molecular complexity index is 408. The number of benzene rings is 1. The number of carbonyl (C=O) groups is 1. The van der Waals surface area contributed by atoms with Crippen molar-refractivity contribution < 1.29 is 18.9 Å². The third-order valence-corrected chi connectivity index (χ3v) is 2.89. The summed E-state index contributed by atoms with van der Waals surface area (Å²) in [6.45, 7) is 3.77. The van der Waals surface area contributed by atoms with Crippen molar-refractivity contribution in [3.8, 4) is 5.75 Å². The number of hydrogen-bond acceptors (Lipinski definition) is 5. The van der Waals surface area contributed by atoms with Crippen molar-refractivity contribution >= 4 is 14.1 Å². The molecular weight excluding hydrogens is 253 g/mol. The monoisotopic (exact) mass is 269 g/mol. The number of rotatable bonds is 6. The number of esters is 1. The molecule has 1 unspecified atom stereocenters. The summed E-state index contributed by atoms with van der Waals surface area (Å²) in [6.07, 6.45) is 0.741. The van der Waals surface area contributed by atoms with Crippen molar-refractivity contribution in [2.45, 2.75) is 26.3 Å². The fourth-order valence-corrected chi connectivity index (χ4v) is 1.83. The van der Waals surface area contributed by atoms with Gasteiger partial charge in [-0.25, -0.2) is 4.79 Å². The Morgan fingerprint density at radius 2 is 2.11 bits per heavy atom. The summed E-state index contributed by atoms with van der Waals surface area (Å²) in [5, 5.41) is 0. The molecule has 0 aliphatic carbocycles. The number of ether oxygens (including phenoxy) is 1. The summed E-state index contributed by atoms with van der Waals surface area (Å²) >= 11 is 0. The van der Waals surface area contributed by atoms with Crippen LogP contribution in [0.1, 0.15) is 20.3 Å². The molecule has 0 spiro atoms. The van der Waals surface area contributed by atoms with E-state index in [1.807, 2.05) is 13.0 Å². The van der Waals surface area contributed by atoms with E-state index in [-0.39, 0.29) is 0 Å². The minimum Gasteiger partial charge on any atom is -0.575 e. The van der Waals surface area contributed by atoms with Crippen LogP contribution < -0.4 is 9.42 Å². The summed E-state index contributed by atoms with van der Waals surface area (Å²) in [5.41, 5.74) is 0. The van der Waals surface area contributed by atoms with Crippen LogP contribution in [-0.2, 0) is 9.53 Å². The van der Waals surface area contributed by atoms with Gasteiger partial charge in [-0.15, -0.1) is 0 Å².